The van der Waals surface area contributed by atoms with E-state index in [4.69, 9.17) is 11.6 Å². The number of rotatable bonds is 3. The molecule has 4 rings (SSSR count). The average Bonchev–Trinajstić information content (AvgIpc) is 2.69. The average molecular weight is 393 g/mol. The molecule has 0 aliphatic carbocycles. The maximum absolute atomic E-state index is 12.4. The standard InChI is InChI=1S/C20H13ClN4O3/c21-13-8-9-17(22-10-13)23-11-15-18(26)24-20(28)25(19(15)27)16-7-3-5-12-4-1-2-6-14(12)16/h1-11,27H,(H,24,26,28). The molecule has 0 atom stereocenters. The fraction of sp³-hybridized carbons (Fsp3) is 0. The van der Waals surface area contributed by atoms with E-state index in [2.05, 4.69) is 15.0 Å². The summed E-state index contributed by atoms with van der Waals surface area (Å²) in [5.41, 5.74) is -1.22. The highest BCUT2D eigenvalue weighted by Crippen LogP contribution is 2.24. The molecule has 0 saturated heterocycles. The summed E-state index contributed by atoms with van der Waals surface area (Å²) in [6.07, 6.45) is 2.57. The Balaban J connectivity index is 1.90. The molecule has 0 bridgehead atoms. The Kier molecular flexibility index (Phi) is 4.50. The van der Waals surface area contributed by atoms with Crippen LogP contribution in [0.15, 0.2) is 75.4 Å². The van der Waals surface area contributed by atoms with Crippen molar-refractivity contribution in [3.63, 3.8) is 0 Å². The first-order chi connectivity index (χ1) is 13.5. The van der Waals surface area contributed by atoms with Crippen LogP contribution in [-0.4, -0.2) is 25.9 Å². The number of hydrogen-bond donors (Lipinski definition) is 2. The molecule has 0 amide bonds. The number of fused-ring (bicyclic) bond motifs is 1. The Labute approximate surface area is 163 Å². The lowest BCUT2D eigenvalue weighted by Gasteiger charge is -2.12. The van der Waals surface area contributed by atoms with E-state index in [9.17, 15) is 14.7 Å². The Hall–Kier alpha value is -3.71. The van der Waals surface area contributed by atoms with Gasteiger partial charge in [0.05, 0.1) is 10.7 Å². The van der Waals surface area contributed by atoms with Gasteiger partial charge in [0.25, 0.3) is 5.56 Å². The van der Waals surface area contributed by atoms with Gasteiger partial charge in [-0.05, 0) is 23.6 Å². The van der Waals surface area contributed by atoms with Gasteiger partial charge < -0.3 is 5.11 Å². The number of halogens is 1. The highest BCUT2D eigenvalue weighted by atomic mass is 35.5. The predicted molar refractivity (Wildman–Crippen MR) is 108 cm³/mol. The predicted octanol–water partition coefficient (Wildman–Crippen LogP) is 3.18. The molecule has 0 spiro atoms. The minimum atomic E-state index is -0.753. The lowest BCUT2D eigenvalue weighted by Crippen LogP contribution is -2.31. The molecule has 7 nitrogen and oxygen atoms in total. The molecule has 0 saturated carbocycles. The fourth-order valence-corrected chi connectivity index (χ4v) is 2.97. The molecule has 138 valence electrons. The second-order valence-electron chi connectivity index (χ2n) is 5.92. The van der Waals surface area contributed by atoms with Crippen LogP contribution in [0.3, 0.4) is 0 Å². The molecular formula is C20H13ClN4O3. The van der Waals surface area contributed by atoms with Crippen LogP contribution in [0.25, 0.3) is 16.5 Å². The normalized spacial score (nSPS) is 11.3. The number of hydrogen-bond acceptors (Lipinski definition) is 5. The summed E-state index contributed by atoms with van der Waals surface area (Å²) in [5.74, 6) is -0.214. The van der Waals surface area contributed by atoms with E-state index < -0.39 is 17.1 Å². The van der Waals surface area contributed by atoms with E-state index in [1.165, 1.54) is 6.20 Å². The number of aromatic hydroxyl groups is 1. The van der Waals surface area contributed by atoms with Gasteiger partial charge in [-0.25, -0.2) is 19.3 Å². The number of pyridine rings is 1. The third-order valence-electron chi connectivity index (χ3n) is 4.17. The minimum absolute atomic E-state index is 0.163. The molecule has 2 aromatic heterocycles. The van der Waals surface area contributed by atoms with Gasteiger partial charge in [0.2, 0.25) is 5.88 Å². The van der Waals surface area contributed by atoms with E-state index in [0.717, 1.165) is 21.6 Å². The van der Waals surface area contributed by atoms with Crippen molar-refractivity contribution in [1.29, 1.82) is 0 Å². The summed E-state index contributed by atoms with van der Waals surface area (Å²) in [4.78, 5) is 35.0. The molecular weight excluding hydrogens is 380 g/mol. The van der Waals surface area contributed by atoms with Crippen molar-refractivity contribution < 1.29 is 5.11 Å². The van der Waals surface area contributed by atoms with Crippen LogP contribution in [0, 0.1) is 0 Å². The number of nitrogens with zero attached hydrogens (tertiary/aromatic N) is 3. The van der Waals surface area contributed by atoms with Gasteiger partial charge >= 0.3 is 5.69 Å². The van der Waals surface area contributed by atoms with Gasteiger partial charge in [-0.2, -0.15) is 0 Å². The second kappa shape index (κ2) is 7.13. The van der Waals surface area contributed by atoms with Gasteiger partial charge in [0.15, 0.2) is 5.82 Å². The van der Waals surface area contributed by atoms with E-state index in [1.807, 2.05) is 30.3 Å². The maximum Gasteiger partial charge on any atom is 0.335 e. The zero-order valence-electron chi connectivity index (χ0n) is 14.3. The van der Waals surface area contributed by atoms with Crippen molar-refractivity contribution in [2.24, 2.45) is 4.99 Å². The molecule has 28 heavy (non-hydrogen) atoms. The Morgan fingerprint density at radius 3 is 2.64 bits per heavy atom. The first kappa shape index (κ1) is 17.7. The highest BCUT2D eigenvalue weighted by molar-refractivity contribution is 6.30. The van der Waals surface area contributed by atoms with E-state index in [-0.39, 0.29) is 5.56 Å². The van der Waals surface area contributed by atoms with Crippen LogP contribution in [0.1, 0.15) is 5.56 Å². The summed E-state index contributed by atoms with van der Waals surface area (Å²) in [6.45, 7) is 0. The van der Waals surface area contributed by atoms with Crippen LogP contribution in [0.2, 0.25) is 5.02 Å². The van der Waals surface area contributed by atoms with Gasteiger partial charge in [0.1, 0.15) is 5.56 Å². The molecule has 0 radical (unpaired) electrons. The lowest BCUT2D eigenvalue weighted by molar-refractivity contribution is 0.430. The lowest BCUT2D eigenvalue weighted by atomic mass is 10.1. The molecule has 2 N–H and O–H groups in total. The zero-order valence-corrected chi connectivity index (χ0v) is 15.1. The van der Waals surface area contributed by atoms with Crippen LogP contribution >= 0.6 is 11.6 Å². The SMILES string of the molecule is O=c1[nH]c(=O)n(-c2cccc3ccccc23)c(O)c1C=Nc1ccc(Cl)cn1. The second-order valence-corrected chi connectivity index (χ2v) is 6.36. The van der Waals surface area contributed by atoms with Crippen LogP contribution in [-0.2, 0) is 0 Å². The van der Waals surface area contributed by atoms with Gasteiger partial charge in [0, 0.05) is 17.8 Å². The summed E-state index contributed by atoms with van der Waals surface area (Å²) in [5, 5.41) is 12.8. The topological polar surface area (TPSA) is 100 Å². The van der Waals surface area contributed by atoms with Crippen LogP contribution in [0.4, 0.5) is 5.82 Å². The molecule has 0 unspecified atom stereocenters. The van der Waals surface area contributed by atoms with Crippen molar-refractivity contribution >= 4 is 34.4 Å². The first-order valence-corrected chi connectivity index (χ1v) is 8.64. The zero-order chi connectivity index (χ0) is 19.7. The molecule has 4 aromatic rings. The van der Waals surface area contributed by atoms with Crippen LogP contribution in [0.5, 0.6) is 5.88 Å². The maximum atomic E-state index is 12.4. The highest BCUT2D eigenvalue weighted by Gasteiger charge is 2.16. The smallest absolute Gasteiger partial charge is 0.335 e. The van der Waals surface area contributed by atoms with Crippen molar-refractivity contribution in [2.45, 2.75) is 0 Å². The molecule has 0 aliphatic rings. The number of aliphatic imine (C=N–C) groups is 1. The van der Waals surface area contributed by atoms with Crippen molar-refractivity contribution in [1.82, 2.24) is 14.5 Å². The Bertz CT molecular complexity index is 1320. The van der Waals surface area contributed by atoms with Gasteiger partial charge in [-0.1, -0.05) is 48.0 Å². The number of nitrogens with one attached hydrogen (secondary N) is 1. The fourth-order valence-electron chi connectivity index (χ4n) is 2.86. The first-order valence-electron chi connectivity index (χ1n) is 8.26. The Morgan fingerprint density at radius 1 is 1.07 bits per heavy atom. The van der Waals surface area contributed by atoms with Crippen molar-refractivity contribution in [3.8, 4) is 11.6 Å². The number of benzene rings is 2. The van der Waals surface area contributed by atoms with Crippen molar-refractivity contribution in [3.05, 3.63) is 92.2 Å². The Morgan fingerprint density at radius 2 is 1.86 bits per heavy atom. The third kappa shape index (κ3) is 3.19. The third-order valence-corrected chi connectivity index (χ3v) is 4.39. The number of aromatic nitrogens is 3. The number of H-pyrrole nitrogens is 1. The summed E-state index contributed by atoms with van der Waals surface area (Å²) in [7, 11) is 0. The van der Waals surface area contributed by atoms with Gasteiger partial charge in [-0.15, -0.1) is 0 Å². The van der Waals surface area contributed by atoms with E-state index in [0.29, 0.717) is 16.5 Å². The van der Waals surface area contributed by atoms with E-state index >= 15 is 0 Å². The van der Waals surface area contributed by atoms with Crippen molar-refractivity contribution in [2.75, 3.05) is 0 Å². The summed E-state index contributed by atoms with van der Waals surface area (Å²) < 4.78 is 1.04. The molecule has 0 fully saturated rings. The van der Waals surface area contributed by atoms with Crippen LogP contribution < -0.4 is 11.2 Å². The largest absolute Gasteiger partial charge is 0.493 e. The van der Waals surface area contributed by atoms with E-state index in [1.54, 1.807) is 24.3 Å². The molecule has 2 aromatic carbocycles. The molecule has 8 heteroatoms. The molecule has 0 aliphatic heterocycles. The number of aromatic amines is 1. The summed E-state index contributed by atoms with van der Waals surface area (Å²) >= 11 is 5.79. The quantitative estimate of drug-likeness (QED) is 0.523. The van der Waals surface area contributed by atoms with Gasteiger partial charge in [-0.3, -0.25) is 9.78 Å². The molecule has 2 heterocycles. The summed E-state index contributed by atoms with van der Waals surface area (Å²) in [6, 6.07) is 15.9. The monoisotopic (exact) mass is 392 g/mol. The minimum Gasteiger partial charge on any atom is -0.493 e.